The predicted octanol–water partition coefficient (Wildman–Crippen LogP) is -0.423. The molecular weight excluding hydrogens is 173 g/mol. The highest BCUT2D eigenvalue weighted by atomic mass is 31.2. The maximum atomic E-state index is 10.3. The first-order valence-corrected chi connectivity index (χ1v) is 4.18. The lowest BCUT2D eigenvalue weighted by Crippen LogP contribution is -2.13. The van der Waals surface area contributed by atoms with Gasteiger partial charge in [-0.25, -0.2) is 0 Å². The fourth-order valence-corrected chi connectivity index (χ4v) is 0.764. The minimum absolute atomic E-state index is 0.903. The first-order valence-electron chi connectivity index (χ1n) is 2.50. The van der Waals surface area contributed by atoms with E-state index in [4.69, 9.17) is 15.0 Å². The number of hydrogen-bond donors (Lipinski definition) is 2. The van der Waals surface area contributed by atoms with Crippen molar-refractivity contribution in [3.8, 4) is 6.07 Å². The molecule has 0 aromatic heterocycles. The van der Waals surface area contributed by atoms with Crippen LogP contribution in [0, 0.1) is 11.3 Å². The highest BCUT2D eigenvalue weighted by Gasteiger charge is 2.31. The van der Waals surface area contributed by atoms with Gasteiger partial charge >= 0.3 is 13.6 Å². The molecule has 0 aliphatic rings. The maximum absolute atomic E-state index is 10.3. The predicted molar refractivity (Wildman–Crippen MR) is 33.2 cm³/mol. The van der Waals surface area contributed by atoms with Crippen LogP contribution in [-0.4, -0.2) is 21.6 Å². The van der Waals surface area contributed by atoms with Gasteiger partial charge in [-0.05, 0) is 0 Å². The molecular formula is C4H6NO5P. The Morgan fingerprint density at radius 2 is 2.18 bits per heavy atom. The van der Waals surface area contributed by atoms with Crippen LogP contribution in [0.4, 0.5) is 0 Å². The van der Waals surface area contributed by atoms with Crippen molar-refractivity contribution in [2.24, 2.45) is 0 Å². The molecule has 0 aromatic rings. The number of carbonyl (C=O) groups is 1. The van der Waals surface area contributed by atoms with Crippen LogP contribution in [-0.2, 0) is 14.1 Å². The molecule has 0 amide bonds. The number of esters is 1. The second-order valence-electron chi connectivity index (χ2n) is 1.68. The van der Waals surface area contributed by atoms with Crippen molar-refractivity contribution in [1.82, 2.24) is 0 Å². The summed E-state index contributed by atoms with van der Waals surface area (Å²) in [5.74, 6) is -2.89. The molecule has 0 bridgehead atoms. The Morgan fingerprint density at radius 1 is 1.73 bits per heavy atom. The van der Waals surface area contributed by atoms with Crippen LogP contribution in [0.2, 0.25) is 0 Å². The van der Waals surface area contributed by atoms with Gasteiger partial charge in [-0.3, -0.25) is 9.36 Å². The Kier molecular flexibility index (Phi) is 3.20. The summed E-state index contributed by atoms with van der Waals surface area (Å²) in [5, 5.41) is 8.09. The summed E-state index contributed by atoms with van der Waals surface area (Å²) in [4.78, 5) is 26.8. The summed E-state index contributed by atoms with van der Waals surface area (Å²) in [6.45, 7) is 0.958. The number of ether oxygens (including phenoxy) is 1. The standard InChI is InChI=1S/C4H6NO5P/c1-3(6)10-4(2-5)11(7,8)9/h4H,1H3,(H2,7,8,9). The van der Waals surface area contributed by atoms with Crippen molar-refractivity contribution in [2.75, 3.05) is 0 Å². The molecule has 7 heteroatoms. The van der Waals surface area contributed by atoms with Gasteiger partial charge in [0.05, 0.1) is 0 Å². The lowest BCUT2D eigenvalue weighted by molar-refractivity contribution is -0.141. The summed E-state index contributed by atoms with van der Waals surface area (Å²) in [7, 11) is -4.63. The summed E-state index contributed by atoms with van der Waals surface area (Å²) in [6.07, 6.45) is 0. The van der Waals surface area contributed by atoms with Gasteiger partial charge in [-0.1, -0.05) is 0 Å². The van der Waals surface area contributed by atoms with E-state index in [0.29, 0.717) is 0 Å². The van der Waals surface area contributed by atoms with E-state index < -0.39 is 19.4 Å². The summed E-state index contributed by atoms with van der Waals surface area (Å²) in [5.41, 5.74) is 0. The van der Waals surface area contributed by atoms with Crippen LogP contribution >= 0.6 is 7.60 Å². The zero-order chi connectivity index (χ0) is 9.07. The average molecular weight is 179 g/mol. The zero-order valence-corrected chi connectivity index (χ0v) is 6.49. The molecule has 0 fully saturated rings. The highest BCUT2D eigenvalue weighted by Crippen LogP contribution is 2.41. The third-order valence-electron chi connectivity index (χ3n) is 0.694. The van der Waals surface area contributed by atoms with Crippen molar-refractivity contribution in [3.63, 3.8) is 0 Å². The van der Waals surface area contributed by atoms with E-state index in [9.17, 15) is 9.36 Å². The van der Waals surface area contributed by atoms with Crippen LogP contribution < -0.4 is 0 Å². The highest BCUT2D eigenvalue weighted by molar-refractivity contribution is 7.52. The van der Waals surface area contributed by atoms with Gasteiger partial charge in [0.25, 0.3) is 5.85 Å². The molecule has 0 radical (unpaired) electrons. The molecule has 0 aliphatic heterocycles. The van der Waals surface area contributed by atoms with Gasteiger partial charge in [-0.2, -0.15) is 5.26 Å². The summed E-state index contributed by atoms with van der Waals surface area (Å²) >= 11 is 0. The number of rotatable bonds is 2. The van der Waals surface area contributed by atoms with Crippen LogP contribution in [0.25, 0.3) is 0 Å². The molecule has 6 nitrogen and oxygen atoms in total. The molecule has 0 aromatic carbocycles. The van der Waals surface area contributed by atoms with Crippen molar-refractivity contribution < 1.29 is 23.9 Å². The van der Waals surface area contributed by atoms with E-state index in [1.807, 2.05) is 0 Å². The van der Waals surface area contributed by atoms with E-state index in [1.165, 1.54) is 6.07 Å². The molecule has 1 atom stereocenters. The normalized spacial score (nSPS) is 13.3. The van der Waals surface area contributed by atoms with Crippen molar-refractivity contribution in [3.05, 3.63) is 0 Å². The Labute approximate surface area is 62.6 Å². The minimum atomic E-state index is -4.63. The van der Waals surface area contributed by atoms with E-state index >= 15 is 0 Å². The fourth-order valence-electron chi connectivity index (χ4n) is 0.327. The molecule has 2 N–H and O–H groups in total. The van der Waals surface area contributed by atoms with E-state index in [1.54, 1.807) is 0 Å². The topological polar surface area (TPSA) is 108 Å². The van der Waals surface area contributed by atoms with Crippen LogP contribution in [0.1, 0.15) is 6.92 Å². The summed E-state index contributed by atoms with van der Waals surface area (Å²) < 4.78 is 14.3. The van der Waals surface area contributed by atoms with Gasteiger partial charge in [-0.15, -0.1) is 0 Å². The van der Waals surface area contributed by atoms with Crippen LogP contribution in [0.5, 0.6) is 0 Å². The van der Waals surface area contributed by atoms with Crippen molar-refractivity contribution in [2.45, 2.75) is 12.8 Å². The molecule has 1 unspecified atom stereocenters. The molecule has 62 valence electrons. The molecule has 0 aliphatic carbocycles. The van der Waals surface area contributed by atoms with E-state index in [-0.39, 0.29) is 0 Å². The van der Waals surface area contributed by atoms with Gasteiger partial charge in [0.1, 0.15) is 6.07 Å². The quantitative estimate of drug-likeness (QED) is 0.440. The smallest absolute Gasteiger partial charge is 0.380 e. The number of hydrogen-bond acceptors (Lipinski definition) is 4. The minimum Gasteiger partial charge on any atom is -0.434 e. The van der Waals surface area contributed by atoms with Crippen molar-refractivity contribution in [1.29, 1.82) is 5.26 Å². The zero-order valence-electron chi connectivity index (χ0n) is 5.59. The Balaban J connectivity index is 4.35. The molecule has 11 heavy (non-hydrogen) atoms. The molecule has 0 saturated heterocycles. The Morgan fingerprint density at radius 3 is 2.27 bits per heavy atom. The maximum Gasteiger partial charge on any atom is 0.380 e. The van der Waals surface area contributed by atoms with Crippen LogP contribution in [0.3, 0.4) is 0 Å². The third kappa shape index (κ3) is 3.73. The molecule has 0 saturated carbocycles. The van der Waals surface area contributed by atoms with Gasteiger partial charge < -0.3 is 14.5 Å². The van der Waals surface area contributed by atoms with E-state index in [0.717, 1.165) is 6.92 Å². The number of carbonyl (C=O) groups excluding carboxylic acids is 1. The monoisotopic (exact) mass is 179 g/mol. The van der Waals surface area contributed by atoms with Gasteiger partial charge in [0, 0.05) is 6.92 Å². The number of nitriles is 1. The fraction of sp³-hybridized carbons (Fsp3) is 0.500. The van der Waals surface area contributed by atoms with Gasteiger partial charge in [0.15, 0.2) is 0 Å². The second-order valence-corrected chi connectivity index (χ2v) is 3.33. The summed E-state index contributed by atoms with van der Waals surface area (Å²) in [6, 6.07) is 1.17. The number of nitrogens with zero attached hydrogens (tertiary/aromatic N) is 1. The Bertz CT molecular complexity index is 237. The lowest BCUT2D eigenvalue weighted by Gasteiger charge is -2.09. The SMILES string of the molecule is CC(=O)OC(C#N)P(=O)(O)O. The van der Waals surface area contributed by atoms with Gasteiger partial charge in [0.2, 0.25) is 0 Å². The largest absolute Gasteiger partial charge is 0.434 e. The lowest BCUT2D eigenvalue weighted by atomic mass is 10.7. The van der Waals surface area contributed by atoms with Crippen LogP contribution in [0.15, 0.2) is 0 Å². The third-order valence-corrected chi connectivity index (χ3v) is 1.53. The Hall–Kier alpha value is -0.890. The first-order chi connectivity index (χ1) is 4.88. The molecule has 0 spiro atoms. The first kappa shape index (κ1) is 10.1. The molecule has 0 heterocycles. The second kappa shape index (κ2) is 3.49. The average Bonchev–Trinajstić information content (AvgIpc) is 1.79. The van der Waals surface area contributed by atoms with E-state index in [2.05, 4.69) is 4.74 Å². The molecule has 0 rings (SSSR count). The van der Waals surface area contributed by atoms with Crippen molar-refractivity contribution >= 4 is 13.6 Å².